The molecule has 0 aliphatic heterocycles. The third-order valence-corrected chi connectivity index (χ3v) is 8.57. The smallest absolute Gasteiger partial charge is 0.222 e. The monoisotopic (exact) mass is 646 g/mol. The van der Waals surface area contributed by atoms with Crippen molar-refractivity contribution in [3.8, 4) is 0 Å². The molecular weight excluding hydrogens is 570 g/mol. The highest BCUT2D eigenvalue weighted by Gasteiger charge is 2.20. The quantitative estimate of drug-likeness (QED) is 0.0414. The predicted octanol–water partition coefficient (Wildman–Crippen LogP) is 10.6. The van der Waals surface area contributed by atoms with E-state index >= 15 is 0 Å². The van der Waals surface area contributed by atoms with Gasteiger partial charge in [-0.25, -0.2) is 0 Å². The summed E-state index contributed by atoms with van der Waals surface area (Å²) in [5.74, 6) is -0.338. The van der Waals surface area contributed by atoms with Gasteiger partial charge in [0.25, 0.3) is 0 Å². The van der Waals surface area contributed by atoms with E-state index in [1.807, 2.05) is 6.08 Å². The summed E-state index contributed by atoms with van der Waals surface area (Å²) in [5, 5.41) is 33.0. The zero-order chi connectivity index (χ0) is 33.8. The Bertz CT molecular complexity index is 760. The second-order valence-corrected chi connectivity index (χ2v) is 13.2. The Balaban J connectivity index is 3.76. The van der Waals surface area contributed by atoms with Crippen LogP contribution >= 0.6 is 0 Å². The van der Waals surface area contributed by atoms with E-state index in [1.165, 1.54) is 103 Å². The molecule has 5 heteroatoms. The molecule has 0 saturated heterocycles. The Hall–Kier alpha value is -1.69. The lowest BCUT2D eigenvalue weighted by molar-refractivity contribution is -0.124. The standard InChI is InChI=1S/C41H75NO4/c1-3-5-7-9-11-13-15-17-18-19-20-21-22-23-24-26-28-30-32-34-38(44)36-41(46)42-39(37-43)40(45)35-33-31-29-27-25-16-14-12-10-8-6-4-2/h10,12,21-22,25,27,33,35,38-40,43-45H,3-9,11,13-20,23-24,26,28-32,34,36-37H2,1-2H3,(H,42,46)/b12-10+,22-21-,27-25+,35-33+. The van der Waals surface area contributed by atoms with Gasteiger partial charge in [-0.15, -0.1) is 0 Å². The number of rotatable bonds is 34. The zero-order valence-electron chi connectivity index (χ0n) is 30.2. The molecule has 0 heterocycles. The van der Waals surface area contributed by atoms with Gasteiger partial charge in [0.05, 0.1) is 31.3 Å². The predicted molar refractivity (Wildman–Crippen MR) is 199 cm³/mol. The minimum absolute atomic E-state index is 0.00460. The van der Waals surface area contributed by atoms with Crippen LogP contribution in [0, 0.1) is 0 Å². The summed E-state index contributed by atoms with van der Waals surface area (Å²) in [7, 11) is 0. The zero-order valence-corrected chi connectivity index (χ0v) is 30.2. The van der Waals surface area contributed by atoms with Crippen molar-refractivity contribution in [3.63, 3.8) is 0 Å². The van der Waals surface area contributed by atoms with Crippen molar-refractivity contribution in [3.05, 3.63) is 48.6 Å². The Morgan fingerprint density at radius 3 is 1.46 bits per heavy atom. The highest BCUT2D eigenvalue weighted by atomic mass is 16.3. The summed E-state index contributed by atoms with van der Waals surface area (Å²) in [6.07, 6.45) is 45.3. The van der Waals surface area contributed by atoms with Gasteiger partial charge in [0.1, 0.15) is 0 Å². The van der Waals surface area contributed by atoms with Crippen LogP contribution in [-0.2, 0) is 4.79 Å². The number of hydrogen-bond donors (Lipinski definition) is 4. The van der Waals surface area contributed by atoms with Crippen LogP contribution < -0.4 is 5.32 Å². The van der Waals surface area contributed by atoms with Crippen LogP contribution in [0.1, 0.15) is 181 Å². The second kappa shape index (κ2) is 36.2. The minimum atomic E-state index is -0.960. The van der Waals surface area contributed by atoms with E-state index in [9.17, 15) is 20.1 Å². The molecule has 1 amide bonds. The molecule has 0 bridgehead atoms. The lowest BCUT2D eigenvalue weighted by Gasteiger charge is -2.20. The summed E-state index contributed by atoms with van der Waals surface area (Å²) in [4.78, 5) is 12.4. The molecule has 0 rings (SSSR count). The maximum atomic E-state index is 12.4. The number of allylic oxidation sites excluding steroid dienone is 7. The van der Waals surface area contributed by atoms with Crippen molar-refractivity contribution in [2.75, 3.05) is 6.61 Å². The summed E-state index contributed by atoms with van der Waals surface area (Å²) in [5.41, 5.74) is 0. The molecule has 0 radical (unpaired) electrons. The summed E-state index contributed by atoms with van der Waals surface area (Å²) >= 11 is 0. The first-order chi connectivity index (χ1) is 22.5. The van der Waals surface area contributed by atoms with Crippen LogP contribution in [0.3, 0.4) is 0 Å². The number of aliphatic hydroxyl groups is 3. The van der Waals surface area contributed by atoms with Crippen molar-refractivity contribution in [2.45, 2.75) is 199 Å². The highest BCUT2D eigenvalue weighted by Crippen LogP contribution is 2.13. The minimum Gasteiger partial charge on any atom is -0.394 e. The number of amides is 1. The van der Waals surface area contributed by atoms with Crippen LogP contribution in [-0.4, -0.2) is 46.1 Å². The Labute approximate surface area is 285 Å². The van der Waals surface area contributed by atoms with Gasteiger partial charge in [-0.3, -0.25) is 4.79 Å². The molecule has 0 saturated carbocycles. The average Bonchev–Trinajstić information content (AvgIpc) is 3.05. The van der Waals surface area contributed by atoms with Gasteiger partial charge in [0.2, 0.25) is 5.91 Å². The van der Waals surface area contributed by atoms with Gasteiger partial charge in [0.15, 0.2) is 0 Å². The number of carbonyl (C=O) groups excluding carboxylic acids is 1. The lowest BCUT2D eigenvalue weighted by Crippen LogP contribution is -2.45. The molecule has 4 N–H and O–H groups in total. The largest absolute Gasteiger partial charge is 0.394 e. The van der Waals surface area contributed by atoms with Crippen LogP contribution in [0.25, 0.3) is 0 Å². The maximum absolute atomic E-state index is 12.4. The van der Waals surface area contributed by atoms with E-state index in [-0.39, 0.29) is 18.9 Å². The number of hydrogen-bond acceptors (Lipinski definition) is 4. The summed E-state index contributed by atoms with van der Waals surface area (Å²) in [6, 6.07) is -0.769. The molecular formula is C41H75NO4. The Kier molecular flexibility index (Phi) is 34.8. The van der Waals surface area contributed by atoms with E-state index in [0.717, 1.165) is 51.4 Å². The number of aliphatic hydroxyl groups excluding tert-OH is 3. The van der Waals surface area contributed by atoms with E-state index in [2.05, 4.69) is 55.6 Å². The van der Waals surface area contributed by atoms with Gasteiger partial charge in [-0.1, -0.05) is 159 Å². The molecule has 0 fully saturated rings. The summed E-state index contributed by atoms with van der Waals surface area (Å²) < 4.78 is 0. The first-order valence-corrected chi connectivity index (χ1v) is 19.4. The molecule has 0 spiro atoms. The van der Waals surface area contributed by atoms with E-state index < -0.39 is 18.2 Å². The third-order valence-electron chi connectivity index (χ3n) is 8.57. The van der Waals surface area contributed by atoms with Crippen molar-refractivity contribution in [2.24, 2.45) is 0 Å². The molecule has 3 unspecified atom stereocenters. The van der Waals surface area contributed by atoms with Crippen LogP contribution in [0.15, 0.2) is 48.6 Å². The number of carbonyl (C=O) groups is 1. The molecule has 0 aliphatic carbocycles. The van der Waals surface area contributed by atoms with Gasteiger partial charge in [-0.2, -0.15) is 0 Å². The molecule has 5 nitrogen and oxygen atoms in total. The van der Waals surface area contributed by atoms with E-state index in [0.29, 0.717) is 6.42 Å². The Morgan fingerprint density at radius 1 is 0.543 bits per heavy atom. The summed E-state index contributed by atoms with van der Waals surface area (Å²) in [6.45, 7) is 4.13. The van der Waals surface area contributed by atoms with Gasteiger partial charge in [0, 0.05) is 0 Å². The molecule has 0 aromatic carbocycles. The average molecular weight is 646 g/mol. The molecule has 46 heavy (non-hydrogen) atoms. The maximum Gasteiger partial charge on any atom is 0.222 e. The van der Waals surface area contributed by atoms with Gasteiger partial charge < -0.3 is 20.6 Å². The van der Waals surface area contributed by atoms with Crippen LogP contribution in [0.2, 0.25) is 0 Å². The third kappa shape index (κ3) is 32.3. The number of nitrogens with one attached hydrogen (secondary N) is 1. The van der Waals surface area contributed by atoms with Gasteiger partial charge >= 0.3 is 0 Å². The van der Waals surface area contributed by atoms with Crippen LogP contribution in [0.5, 0.6) is 0 Å². The fraction of sp³-hybridized carbons (Fsp3) is 0.780. The van der Waals surface area contributed by atoms with E-state index in [4.69, 9.17) is 0 Å². The van der Waals surface area contributed by atoms with Crippen molar-refractivity contribution >= 4 is 5.91 Å². The van der Waals surface area contributed by atoms with E-state index in [1.54, 1.807) is 6.08 Å². The fourth-order valence-electron chi connectivity index (χ4n) is 5.53. The number of unbranched alkanes of at least 4 members (excludes halogenated alkanes) is 19. The highest BCUT2D eigenvalue weighted by molar-refractivity contribution is 5.76. The SMILES string of the molecule is CCCC/C=C/CC/C=C/CC/C=C/C(O)C(CO)NC(=O)CC(O)CCCCCCC/C=C\CCCCCCCCCCCC. The first-order valence-electron chi connectivity index (χ1n) is 19.4. The molecule has 268 valence electrons. The molecule has 3 atom stereocenters. The van der Waals surface area contributed by atoms with Gasteiger partial charge in [-0.05, 0) is 64.2 Å². The second-order valence-electron chi connectivity index (χ2n) is 13.2. The molecule has 0 aromatic heterocycles. The topological polar surface area (TPSA) is 89.8 Å². The fourth-order valence-corrected chi connectivity index (χ4v) is 5.53. The van der Waals surface area contributed by atoms with Crippen molar-refractivity contribution < 1.29 is 20.1 Å². The normalized spacial score (nSPS) is 14.3. The lowest BCUT2D eigenvalue weighted by atomic mass is 10.0. The van der Waals surface area contributed by atoms with Crippen LogP contribution in [0.4, 0.5) is 0 Å². The molecule has 0 aromatic rings. The first kappa shape index (κ1) is 44.3. The Morgan fingerprint density at radius 2 is 0.957 bits per heavy atom. The van der Waals surface area contributed by atoms with Crippen molar-refractivity contribution in [1.82, 2.24) is 5.32 Å². The van der Waals surface area contributed by atoms with Crippen molar-refractivity contribution in [1.29, 1.82) is 0 Å². The molecule has 0 aliphatic rings.